The molecule has 0 aliphatic rings. The van der Waals surface area contributed by atoms with Crippen molar-refractivity contribution in [3.8, 4) is 17.2 Å². The molecule has 2 aromatic carbocycles. The minimum absolute atomic E-state index is 0.0406. The van der Waals surface area contributed by atoms with Crippen LogP contribution in [0.15, 0.2) is 37.7 Å². The van der Waals surface area contributed by atoms with Crippen LogP contribution in [0.1, 0.15) is 11.1 Å². The van der Waals surface area contributed by atoms with Gasteiger partial charge in [-0.15, -0.1) is 0 Å². The van der Waals surface area contributed by atoms with Crippen molar-refractivity contribution in [2.24, 2.45) is 11.5 Å². The van der Waals surface area contributed by atoms with Crippen molar-refractivity contribution < 1.29 is 29.6 Å². The summed E-state index contributed by atoms with van der Waals surface area (Å²) in [6, 6.07) is 4.24. The summed E-state index contributed by atoms with van der Waals surface area (Å²) in [6.45, 7) is 0. The molecule has 0 aliphatic heterocycles. The Balaban J connectivity index is 2.34. The SMILES string of the molecule is N[C@@H](Cc1cc(Br)c(Oc2cc(C[C@H](N)C(=O)O)cc(Br)c2O)c(Br)c1)C(=O)O. The van der Waals surface area contributed by atoms with Crippen LogP contribution in [0, 0.1) is 0 Å². The van der Waals surface area contributed by atoms with Crippen molar-refractivity contribution in [1.29, 1.82) is 0 Å². The molecular formula is C18H17Br3N2O6. The van der Waals surface area contributed by atoms with Crippen LogP contribution >= 0.6 is 47.8 Å². The second kappa shape index (κ2) is 9.90. The minimum atomic E-state index is -1.14. The van der Waals surface area contributed by atoms with E-state index in [-0.39, 0.29) is 24.3 Å². The van der Waals surface area contributed by atoms with Gasteiger partial charge in [-0.05, 0) is 96.0 Å². The Morgan fingerprint density at radius 2 is 1.28 bits per heavy atom. The van der Waals surface area contributed by atoms with Gasteiger partial charge < -0.3 is 31.5 Å². The molecular weight excluding hydrogens is 580 g/mol. The van der Waals surface area contributed by atoms with Gasteiger partial charge in [0.2, 0.25) is 0 Å². The first-order chi connectivity index (χ1) is 13.5. The monoisotopic (exact) mass is 594 g/mol. The molecule has 8 nitrogen and oxygen atoms in total. The molecule has 0 aliphatic carbocycles. The van der Waals surface area contributed by atoms with Crippen LogP contribution < -0.4 is 16.2 Å². The van der Waals surface area contributed by atoms with Crippen molar-refractivity contribution in [2.45, 2.75) is 24.9 Å². The molecule has 2 atom stereocenters. The number of hydrogen-bond acceptors (Lipinski definition) is 6. The summed E-state index contributed by atoms with van der Waals surface area (Å²) in [7, 11) is 0. The third kappa shape index (κ3) is 6.16. The maximum absolute atomic E-state index is 11.0. The number of carbonyl (C=O) groups is 2. The summed E-state index contributed by atoms with van der Waals surface area (Å²) >= 11 is 9.95. The average Bonchev–Trinajstić information content (AvgIpc) is 2.61. The zero-order chi connectivity index (χ0) is 21.9. The van der Waals surface area contributed by atoms with Crippen LogP contribution in [0.2, 0.25) is 0 Å². The molecule has 2 aromatic rings. The zero-order valence-corrected chi connectivity index (χ0v) is 19.5. The smallest absolute Gasteiger partial charge is 0.320 e. The fourth-order valence-corrected chi connectivity index (χ4v) is 4.38. The third-order valence-electron chi connectivity index (χ3n) is 3.90. The number of hydrogen-bond donors (Lipinski definition) is 5. The maximum Gasteiger partial charge on any atom is 0.320 e. The van der Waals surface area contributed by atoms with Crippen molar-refractivity contribution in [3.63, 3.8) is 0 Å². The van der Waals surface area contributed by atoms with Gasteiger partial charge in [-0.25, -0.2) is 0 Å². The van der Waals surface area contributed by atoms with Gasteiger partial charge in [-0.1, -0.05) is 0 Å². The van der Waals surface area contributed by atoms with Crippen LogP contribution in [-0.2, 0) is 22.4 Å². The molecule has 0 bridgehead atoms. The number of phenols is 1. The standard InChI is InChI=1S/C18H17Br3N2O6/c19-9-1-8(5-13(23)18(27)28)6-14(15(9)24)29-16-10(20)2-7(3-11(16)21)4-12(22)17(25)26/h1-3,6,12-13,24H,4-5,22-23H2,(H,25,26)(H,27,28)/t12-,13-/m0/s1. The molecule has 0 heterocycles. The zero-order valence-electron chi connectivity index (χ0n) is 14.7. The lowest BCUT2D eigenvalue weighted by Crippen LogP contribution is -2.32. The Kier molecular flexibility index (Phi) is 8.06. The summed E-state index contributed by atoms with van der Waals surface area (Å²) in [5.74, 6) is -2.00. The molecule has 11 heteroatoms. The van der Waals surface area contributed by atoms with E-state index >= 15 is 0 Å². The van der Waals surface area contributed by atoms with Gasteiger partial charge in [0.1, 0.15) is 12.1 Å². The molecule has 0 spiro atoms. The quantitative estimate of drug-likeness (QED) is 0.310. The molecule has 0 saturated carbocycles. The van der Waals surface area contributed by atoms with Crippen LogP contribution in [0.5, 0.6) is 17.2 Å². The van der Waals surface area contributed by atoms with Crippen LogP contribution in [0.25, 0.3) is 0 Å². The number of carboxylic acid groups (broad SMARTS) is 2. The molecule has 0 radical (unpaired) electrons. The normalized spacial score (nSPS) is 13.0. The number of aromatic hydroxyl groups is 1. The van der Waals surface area contributed by atoms with E-state index in [0.29, 0.717) is 30.3 Å². The maximum atomic E-state index is 11.0. The molecule has 156 valence electrons. The fraction of sp³-hybridized carbons (Fsp3) is 0.222. The lowest BCUT2D eigenvalue weighted by atomic mass is 10.1. The van der Waals surface area contributed by atoms with E-state index in [1.165, 1.54) is 6.07 Å². The summed E-state index contributed by atoms with van der Waals surface area (Å²) in [5.41, 5.74) is 12.4. The topological polar surface area (TPSA) is 156 Å². The van der Waals surface area contributed by atoms with Crippen LogP contribution in [0.4, 0.5) is 0 Å². The largest absolute Gasteiger partial charge is 0.503 e. The highest BCUT2D eigenvalue weighted by Crippen LogP contribution is 2.43. The molecule has 0 fully saturated rings. The highest BCUT2D eigenvalue weighted by Gasteiger charge is 2.19. The predicted molar refractivity (Wildman–Crippen MR) is 116 cm³/mol. The van der Waals surface area contributed by atoms with Gasteiger partial charge in [-0.2, -0.15) is 0 Å². The molecule has 7 N–H and O–H groups in total. The predicted octanol–water partition coefficient (Wildman–Crippen LogP) is 3.38. The van der Waals surface area contributed by atoms with E-state index in [1.807, 2.05) is 0 Å². The summed E-state index contributed by atoms with van der Waals surface area (Å²) in [5, 5.41) is 28.3. The fourth-order valence-electron chi connectivity index (χ4n) is 2.44. The van der Waals surface area contributed by atoms with Crippen LogP contribution in [-0.4, -0.2) is 39.3 Å². The summed E-state index contributed by atoms with van der Waals surface area (Å²) in [4.78, 5) is 21.9. The van der Waals surface area contributed by atoms with Gasteiger partial charge in [0, 0.05) is 0 Å². The lowest BCUT2D eigenvalue weighted by molar-refractivity contribution is -0.139. The number of phenolic OH excluding ortho intramolecular Hbond substituents is 1. The van der Waals surface area contributed by atoms with Crippen LogP contribution in [0.3, 0.4) is 0 Å². The van der Waals surface area contributed by atoms with E-state index in [1.54, 1.807) is 18.2 Å². The van der Waals surface area contributed by atoms with Gasteiger partial charge in [0.15, 0.2) is 17.2 Å². The Morgan fingerprint density at radius 1 is 0.862 bits per heavy atom. The van der Waals surface area contributed by atoms with E-state index in [0.717, 1.165) is 0 Å². The van der Waals surface area contributed by atoms with E-state index < -0.39 is 24.0 Å². The number of benzene rings is 2. The van der Waals surface area contributed by atoms with E-state index in [2.05, 4.69) is 47.8 Å². The van der Waals surface area contributed by atoms with E-state index in [9.17, 15) is 14.7 Å². The summed E-state index contributed by atoms with van der Waals surface area (Å²) < 4.78 is 7.16. The Bertz CT molecular complexity index is 930. The first kappa shape index (κ1) is 23.6. The second-order valence-electron chi connectivity index (χ2n) is 6.21. The van der Waals surface area contributed by atoms with Crippen molar-refractivity contribution in [1.82, 2.24) is 0 Å². The Hall–Kier alpha value is -1.66. The number of rotatable bonds is 8. The second-order valence-corrected chi connectivity index (χ2v) is 8.78. The molecule has 0 saturated heterocycles. The van der Waals surface area contributed by atoms with Gasteiger partial charge >= 0.3 is 11.9 Å². The average molecular weight is 597 g/mol. The highest BCUT2D eigenvalue weighted by atomic mass is 79.9. The number of carboxylic acids is 2. The number of nitrogens with two attached hydrogens (primary N) is 2. The molecule has 29 heavy (non-hydrogen) atoms. The first-order valence-electron chi connectivity index (χ1n) is 8.13. The van der Waals surface area contributed by atoms with Gasteiger partial charge in [-0.3, -0.25) is 9.59 Å². The van der Waals surface area contributed by atoms with Crippen molar-refractivity contribution in [2.75, 3.05) is 0 Å². The number of aliphatic carboxylic acids is 2. The lowest BCUT2D eigenvalue weighted by Gasteiger charge is -2.16. The number of ether oxygens (including phenoxy) is 1. The molecule has 0 aromatic heterocycles. The highest BCUT2D eigenvalue weighted by molar-refractivity contribution is 9.11. The van der Waals surface area contributed by atoms with Gasteiger partial charge in [0.05, 0.1) is 13.4 Å². The molecule has 0 amide bonds. The van der Waals surface area contributed by atoms with E-state index in [4.69, 9.17) is 26.4 Å². The first-order valence-corrected chi connectivity index (χ1v) is 10.5. The van der Waals surface area contributed by atoms with Gasteiger partial charge in [0.25, 0.3) is 0 Å². The Morgan fingerprint density at radius 3 is 1.72 bits per heavy atom. The third-order valence-corrected chi connectivity index (χ3v) is 5.69. The molecule has 2 rings (SSSR count). The summed E-state index contributed by atoms with van der Waals surface area (Å²) in [6.07, 6.45) is 0.158. The minimum Gasteiger partial charge on any atom is -0.503 e. The van der Waals surface area contributed by atoms with Crippen molar-refractivity contribution in [3.05, 3.63) is 48.8 Å². The number of halogens is 3. The van der Waals surface area contributed by atoms with Crippen molar-refractivity contribution >= 4 is 59.7 Å². The Labute approximate surface area is 191 Å². The molecule has 0 unspecified atom stereocenters.